The first-order valence-electron chi connectivity index (χ1n) is 11.0. The van der Waals surface area contributed by atoms with Crippen LogP contribution in [-0.4, -0.2) is 30.8 Å². The van der Waals surface area contributed by atoms with E-state index in [2.05, 4.69) is 34.7 Å². The van der Waals surface area contributed by atoms with Gasteiger partial charge in [0.05, 0.1) is 34.0 Å². The van der Waals surface area contributed by atoms with Crippen LogP contribution in [0.15, 0.2) is 72.0 Å². The highest BCUT2D eigenvalue weighted by molar-refractivity contribution is 5.87. The molecule has 190 valence electrons. The van der Waals surface area contributed by atoms with Crippen LogP contribution in [0.4, 0.5) is 24.8 Å². The summed E-state index contributed by atoms with van der Waals surface area (Å²) in [6, 6.07) is 11.7. The number of fused-ring (bicyclic) bond motifs is 2. The van der Waals surface area contributed by atoms with E-state index < -0.39 is 17.7 Å². The minimum atomic E-state index is -3.77. The molecule has 0 bridgehead atoms. The van der Waals surface area contributed by atoms with Crippen LogP contribution in [-0.2, 0) is 7.05 Å². The number of para-hydroxylation sites is 1. The molecular formula is C25H15F3N6O4. The van der Waals surface area contributed by atoms with Gasteiger partial charge >= 0.3 is 6.29 Å². The second-order valence-electron chi connectivity index (χ2n) is 8.11. The SMILES string of the molecule is Cn1c(Nc2ccccc2F)ncc(-c2ccc(Oc3ncnc4cc5c(cc34)OC(F)(F)O5)cn2)c1=O. The van der Waals surface area contributed by atoms with Crippen molar-refractivity contribution in [3.8, 4) is 34.4 Å². The van der Waals surface area contributed by atoms with Crippen molar-refractivity contribution in [2.24, 2.45) is 7.05 Å². The predicted octanol–water partition coefficient (Wildman–Crippen LogP) is 4.78. The number of hydrogen-bond acceptors (Lipinski definition) is 9. The zero-order valence-electron chi connectivity index (χ0n) is 19.4. The molecule has 10 nitrogen and oxygen atoms in total. The van der Waals surface area contributed by atoms with E-state index in [1.54, 1.807) is 24.3 Å². The Bertz CT molecular complexity index is 1760. The molecule has 0 saturated heterocycles. The summed E-state index contributed by atoms with van der Waals surface area (Å²) in [6.45, 7) is 0. The largest absolute Gasteiger partial charge is 0.586 e. The Labute approximate surface area is 211 Å². The highest BCUT2D eigenvalue weighted by atomic mass is 19.3. The third kappa shape index (κ3) is 4.19. The average molecular weight is 520 g/mol. The number of alkyl halides is 2. The van der Waals surface area contributed by atoms with Gasteiger partial charge in [-0.15, -0.1) is 8.78 Å². The molecule has 13 heteroatoms. The van der Waals surface area contributed by atoms with E-state index in [9.17, 15) is 18.0 Å². The first-order valence-corrected chi connectivity index (χ1v) is 11.0. The van der Waals surface area contributed by atoms with Crippen molar-refractivity contribution in [1.29, 1.82) is 0 Å². The summed E-state index contributed by atoms with van der Waals surface area (Å²) in [5.74, 6) is -0.317. The van der Waals surface area contributed by atoms with E-state index in [0.29, 0.717) is 16.6 Å². The smallest absolute Gasteiger partial charge is 0.437 e. The lowest BCUT2D eigenvalue weighted by Gasteiger charge is -2.12. The zero-order valence-corrected chi connectivity index (χ0v) is 19.4. The minimum absolute atomic E-state index is 0.0762. The molecule has 3 aromatic heterocycles. The number of rotatable bonds is 5. The van der Waals surface area contributed by atoms with Crippen LogP contribution in [0.1, 0.15) is 0 Å². The molecular weight excluding hydrogens is 505 g/mol. The van der Waals surface area contributed by atoms with E-state index in [0.717, 1.165) is 0 Å². The Morgan fingerprint density at radius 2 is 1.76 bits per heavy atom. The number of halogens is 3. The normalized spacial score (nSPS) is 13.5. The van der Waals surface area contributed by atoms with Crippen molar-refractivity contribution < 1.29 is 27.4 Å². The molecule has 38 heavy (non-hydrogen) atoms. The summed E-state index contributed by atoms with van der Waals surface area (Å²) in [6.07, 6.45) is 0.151. The van der Waals surface area contributed by atoms with Gasteiger partial charge in [0.15, 0.2) is 11.5 Å². The Morgan fingerprint density at radius 3 is 2.53 bits per heavy atom. The predicted molar refractivity (Wildman–Crippen MR) is 128 cm³/mol. The Balaban J connectivity index is 1.26. The van der Waals surface area contributed by atoms with Gasteiger partial charge in [-0.05, 0) is 30.3 Å². The highest BCUT2D eigenvalue weighted by Gasteiger charge is 2.43. The van der Waals surface area contributed by atoms with Gasteiger partial charge in [0.1, 0.15) is 17.9 Å². The van der Waals surface area contributed by atoms with Gasteiger partial charge in [0, 0.05) is 19.3 Å². The Kier molecular flexibility index (Phi) is 5.33. The van der Waals surface area contributed by atoms with Crippen LogP contribution in [0.2, 0.25) is 0 Å². The van der Waals surface area contributed by atoms with Crippen molar-refractivity contribution in [1.82, 2.24) is 24.5 Å². The summed E-state index contributed by atoms with van der Waals surface area (Å²) < 4.78 is 56.8. The number of ether oxygens (including phenoxy) is 3. The minimum Gasteiger partial charge on any atom is -0.437 e. The molecule has 0 fully saturated rings. The van der Waals surface area contributed by atoms with E-state index in [1.165, 1.54) is 54.6 Å². The lowest BCUT2D eigenvalue weighted by Crippen LogP contribution is -2.25. The van der Waals surface area contributed by atoms with Gasteiger partial charge in [0.25, 0.3) is 5.56 Å². The third-order valence-electron chi connectivity index (χ3n) is 5.64. The van der Waals surface area contributed by atoms with Gasteiger partial charge < -0.3 is 19.5 Å². The summed E-state index contributed by atoms with van der Waals surface area (Å²) >= 11 is 0. The number of aromatic nitrogens is 5. The Hall–Kier alpha value is -5.20. The number of benzene rings is 2. The van der Waals surface area contributed by atoms with Crippen molar-refractivity contribution in [3.05, 3.63) is 83.4 Å². The molecule has 5 aromatic rings. The van der Waals surface area contributed by atoms with E-state index >= 15 is 0 Å². The Morgan fingerprint density at radius 1 is 0.974 bits per heavy atom. The second-order valence-corrected chi connectivity index (χ2v) is 8.11. The van der Waals surface area contributed by atoms with Crippen molar-refractivity contribution in [3.63, 3.8) is 0 Å². The molecule has 2 aromatic carbocycles. The highest BCUT2D eigenvalue weighted by Crippen LogP contribution is 2.44. The fourth-order valence-electron chi connectivity index (χ4n) is 3.79. The van der Waals surface area contributed by atoms with Crippen molar-refractivity contribution in [2.45, 2.75) is 6.29 Å². The number of nitrogens with one attached hydrogen (secondary N) is 1. The molecule has 0 aliphatic carbocycles. The molecule has 0 unspecified atom stereocenters. The molecule has 1 N–H and O–H groups in total. The van der Waals surface area contributed by atoms with E-state index in [-0.39, 0.29) is 40.3 Å². The maximum atomic E-state index is 14.0. The zero-order chi connectivity index (χ0) is 26.4. The van der Waals surface area contributed by atoms with Crippen LogP contribution in [0.5, 0.6) is 23.1 Å². The molecule has 1 aliphatic rings. The van der Waals surface area contributed by atoms with E-state index in [1.807, 2.05) is 0 Å². The van der Waals surface area contributed by atoms with Gasteiger partial charge in [0.2, 0.25) is 11.8 Å². The van der Waals surface area contributed by atoms with Crippen molar-refractivity contribution in [2.75, 3.05) is 5.32 Å². The summed E-state index contributed by atoms with van der Waals surface area (Å²) in [7, 11) is 1.50. The van der Waals surface area contributed by atoms with Crippen LogP contribution < -0.4 is 25.1 Å². The van der Waals surface area contributed by atoms with Gasteiger partial charge in [-0.1, -0.05) is 12.1 Å². The number of anilines is 2. The number of pyridine rings is 1. The quantitative estimate of drug-likeness (QED) is 0.350. The first-order chi connectivity index (χ1) is 18.3. The fourth-order valence-corrected chi connectivity index (χ4v) is 3.79. The summed E-state index contributed by atoms with van der Waals surface area (Å²) in [4.78, 5) is 29.6. The van der Waals surface area contributed by atoms with Crippen LogP contribution in [0.3, 0.4) is 0 Å². The monoisotopic (exact) mass is 520 g/mol. The van der Waals surface area contributed by atoms with Crippen LogP contribution in [0.25, 0.3) is 22.2 Å². The topological polar surface area (TPSA) is 113 Å². The average Bonchev–Trinajstić information content (AvgIpc) is 3.20. The summed E-state index contributed by atoms with van der Waals surface area (Å²) in [5.41, 5.74) is 0.602. The standard InChI is InChI=1S/C25H15F3N6O4/c1-34-23(35)15(11-30-24(34)33-18-5-3-2-4-16(18)26)17-7-6-13(10-29-17)36-22-14-8-20-21(38-25(27,28)37-20)9-19(14)31-12-32-22/h2-12H,1H3,(H,30,33). The van der Waals surface area contributed by atoms with Gasteiger partial charge in [-0.3, -0.25) is 14.3 Å². The summed E-state index contributed by atoms with van der Waals surface area (Å²) in [5, 5.41) is 3.11. The second kappa shape index (κ2) is 8.73. The third-order valence-corrected chi connectivity index (χ3v) is 5.64. The number of hydrogen-bond donors (Lipinski definition) is 1. The molecule has 0 amide bonds. The maximum absolute atomic E-state index is 14.0. The first kappa shape index (κ1) is 23.2. The molecule has 0 saturated carbocycles. The molecule has 1 aliphatic heterocycles. The molecule has 0 spiro atoms. The van der Waals surface area contributed by atoms with E-state index in [4.69, 9.17) is 4.74 Å². The molecule has 0 atom stereocenters. The molecule has 4 heterocycles. The lowest BCUT2D eigenvalue weighted by atomic mass is 10.2. The fraction of sp³-hybridized carbons (Fsp3) is 0.0800. The van der Waals surface area contributed by atoms with Crippen LogP contribution in [0, 0.1) is 5.82 Å². The van der Waals surface area contributed by atoms with Gasteiger partial charge in [-0.2, -0.15) is 0 Å². The lowest BCUT2D eigenvalue weighted by molar-refractivity contribution is -0.286. The van der Waals surface area contributed by atoms with Crippen molar-refractivity contribution >= 4 is 22.5 Å². The maximum Gasteiger partial charge on any atom is 0.586 e. The molecule has 6 rings (SSSR count). The number of nitrogens with zero attached hydrogens (tertiary/aromatic N) is 5. The molecule has 0 radical (unpaired) electrons. The van der Waals surface area contributed by atoms with Gasteiger partial charge in [-0.25, -0.2) is 19.3 Å². The van der Waals surface area contributed by atoms with Crippen LogP contribution >= 0.6 is 0 Å².